The number of methoxy groups -OCH3 is 1. The van der Waals surface area contributed by atoms with Crippen LogP contribution in [0.1, 0.15) is 31.4 Å². The highest BCUT2D eigenvalue weighted by atomic mass is 35.5. The van der Waals surface area contributed by atoms with Gasteiger partial charge in [-0.3, -0.25) is 19.5 Å². The van der Waals surface area contributed by atoms with Gasteiger partial charge in [0.1, 0.15) is 23.7 Å². The number of hydrogen-bond acceptors (Lipinski definition) is 4. The monoisotopic (exact) mass is 493 g/mol. The first-order chi connectivity index (χ1) is 16.8. The molecule has 0 aromatic heterocycles. The number of nitrogens with one attached hydrogen (secondary N) is 1. The second-order valence-electron chi connectivity index (χ2n) is 8.12. The van der Waals surface area contributed by atoms with E-state index in [1.54, 1.807) is 67.6 Å². The van der Waals surface area contributed by atoms with Crippen LogP contribution in [0.5, 0.6) is 5.75 Å². The zero-order valence-electron chi connectivity index (χ0n) is 19.6. The third kappa shape index (κ3) is 4.77. The lowest BCUT2D eigenvalue weighted by Gasteiger charge is -2.31. The lowest BCUT2D eigenvalue weighted by atomic mass is 9.98. The van der Waals surface area contributed by atoms with Gasteiger partial charge >= 0.3 is 0 Å². The van der Waals surface area contributed by atoms with Crippen molar-refractivity contribution in [2.45, 2.75) is 32.4 Å². The van der Waals surface area contributed by atoms with Crippen molar-refractivity contribution in [2.75, 3.05) is 17.3 Å². The molecule has 0 saturated heterocycles. The Labute approximate surface area is 208 Å². The summed E-state index contributed by atoms with van der Waals surface area (Å²) in [6.07, 6.45) is 0.330. The molecule has 2 atom stereocenters. The quantitative estimate of drug-likeness (QED) is 0.494. The van der Waals surface area contributed by atoms with Crippen LogP contribution in [0.3, 0.4) is 0 Å². The van der Waals surface area contributed by atoms with Crippen LogP contribution < -0.4 is 15.0 Å². The predicted octanol–water partition coefficient (Wildman–Crippen LogP) is 5.48. The summed E-state index contributed by atoms with van der Waals surface area (Å²) >= 11 is 6.31. The van der Waals surface area contributed by atoms with Gasteiger partial charge in [0.05, 0.1) is 24.2 Å². The topological polar surface area (TPSA) is 71.0 Å². The number of halogens is 2. The average molecular weight is 494 g/mol. The molecule has 0 saturated carbocycles. The van der Waals surface area contributed by atoms with Gasteiger partial charge in [0.25, 0.3) is 5.91 Å². The molecule has 3 aromatic carbocycles. The summed E-state index contributed by atoms with van der Waals surface area (Å²) in [7, 11) is 1.52. The summed E-state index contributed by atoms with van der Waals surface area (Å²) in [6, 6.07) is 16.5. The number of rotatable bonds is 6. The molecular weight excluding hydrogens is 469 g/mol. The van der Waals surface area contributed by atoms with Gasteiger partial charge in [0, 0.05) is 16.1 Å². The van der Waals surface area contributed by atoms with Gasteiger partial charge in [-0.05, 0) is 55.8 Å². The van der Waals surface area contributed by atoms with Gasteiger partial charge in [-0.15, -0.1) is 0 Å². The second-order valence-corrected chi connectivity index (χ2v) is 8.55. The summed E-state index contributed by atoms with van der Waals surface area (Å²) in [5, 5.41) is 3.28. The minimum absolute atomic E-state index is 0.254. The van der Waals surface area contributed by atoms with E-state index in [1.165, 1.54) is 18.1 Å². The van der Waals surface area contributed by atoms with Crippen LogP contribution in [0.25, 0.3) is 0 Å². The van der Waals surface area contributed by atoms with Crippen LogP contribution in [0.4, 0.5) is 15.8 Å². The summed E-state index contributed by atoms with van der Waals surface area (Å²) in [6.45, 7) is 3.46. The number of anilines is 2. The van der Waals surface area contributed by atoms with Crippen molar-refractivity contribution in [3.8, 4) is 5.75 Å². The summed E-state index contributed by atoms with van der Waals surface area (Å²) in [5.74, 6) is -0.718. The first-order valence-corrected chi connectivity index (χ1v) is 11.6. The number of hydrogen-bond donors (Lipinski definition) is 1. The highest BCUT2D eigenvalue weighted by molar-refractivity contribution is 6.32. The molecule has 180 valence electrons. The molecule has 1 heterocycles. The molecule has 0 fully saturated rings. The average Bonchev–Trinajstić information content (AvgIpc) is 2.95. The summed E-state index contributed by atoms with van der Waals surface area (Å²) < 4.78 is 20.1. The van der Waals surface area contributed by atoms with Crippen LogP contribution in [0, 0.1) is 5.82 Å². The van der Waals surface area contributed by atoms with E-state index in [9.17, 15) is 14.0 Å². The van der Waals surface area contributed by atoms with Crippen LogP contribution in [-0.2, 0) is 9.59 Å². The van der Waals surface area contributed by atoms with Crippen molar-refractivity contribution in [3.63, 3.8) is 0 Å². The molecule has 4 rings (SSSR count). The number of nitrogens with zero attached hydrogens (tertiary/aromatic N) is 2. The number of amides is 2. The third-order valence-corrected chi connectivity index (χ3v) is 6.12. The molecule has 35 heavy (non-hydrogen) atoms. The number of aliphatic imine (C=N–C) groups is 1. The van der Waals surface area contributed by atoms with Crippen molar-refractivity contribution in [1.82, 2.24) is 0 Å². The van der Waals surface area contributed by atoms with E-state index < -0.39 is 17.9 Å². The molecule has 2 amide bonds. The van der Waals surface area contributed by atoms with Gasteiger partial charge in [0.2, 0.25) is 5.91 Å². The maximum Gasteiger partial charge on any atom is 0.252 e. The fourth-order valence-electron chi connectivity index (χ4n) is 4.18. The standard InChI is InChI=1S/C27H25ClFN3O3/c1-4-22(26(33)31-21-11-7-8-12-24(21)35-3)32-23-14-13-17(28)15-19(23)25(30-16(2)27(32)34)18-9-5-6-10-20(18)29/h5-16,22H,4H2,1-3H3,(H,31,33)/t16-,22+/m1/s1. The van der Waals surface area contributed by atoms with Gasteiger partial charge in [-0.2, -0.15) is 0 Å². The molecule has 3 aromatic rings. The van der Waals surface area contributed by atoms with E-state index in [0.29, 0.717) is 39.8 Å². The number of ether oxygens (including phenoxy) is 1. The second kappa shape index (κ2) is 10.3. The SMILES string of the molecule is CC[C@@H](C(=O)Nc1ccccc1OC)N1C(=O)[C@@H](C)N=C(c2ccccc2F)c2cc(Cl)ccc21. The van der Waals surface area contributed by atoms with Gasteiger partial charge in [-0.1, -0.05) is 42.8 Å². The highest BCUT2D eigenvalue weighted by Gasteiger charge is 2.37. The fourth-order valence-corrected chi connectivity index (χ4v) is 4.36. The zero-order chi connectivity index (χ0) is 25.1. The smallest absolute Gasteiger partial charge is 0.252 e. The molecule has 0 radical (unpaired) electrons. The van der Waals surface area contributed by atoms with Gasteiger partial charge < -0.3 is 10.1 Å². The highest BCUT2D eigenvalue weighted by Crippen LogP contribution is 2.34. The Bertz CT molecular complexity index is 1310. The van der Waals surface area contributed by atoms with Crippen molar-refractivity contribution in [1.29, 1.82) is 0 Å². The Morgan fingerprint density at radius 1 is 1.14 bits per heavy atom. The lowest BCUT2D eigenvalue weighted by molar-refractivity contribution is -0.124. The normalized spacial score (nSPS) is 16.1. The largest absolute Gasteiger partial charge is 0.495 e. The molecule has 0 unspecified atom stereocenters. The minimum Gasteiger partial charge on any atom is -0.495 e. The minimum atomic E-state index is -0.858. The molecule has 0 bridgehead atoms. The first-order valence-electron chi connectivity index (χ1n) is 11.2. The predicted molar refractivity (Wildman–Crippen MR) is 136 cm³/mol. The molecular formula is C27H25ClFN3O3. The number of fused-ring (bicyclic) bond motifs is 1. The van der Waals surface area contributed by atoms with E-state index in [2.05, 4.69) is 10.3 Å². The van der Waals surface area contributed by atoms with Crippen molar-refractivity contribution in [2.24, 2.45) is 4.99 Å². The maximum absolute atomic E-state index is 14.8. The number of carbonyl (C=O) groups excluding carboxylic acids is 2. The van der Waals surface area contributed by atoms with Gasteiger partial charge in [-0.25, -0.2) is 4.39 Å². The van der Waals surface area contributed by atoms with Crippen LogP contribution in [-0.4, -0.2) is 36.7 Å². The summed E-state index contributed by atoms with van der Waals surface area (Å²) in [4.78, 5) is 33.1. The number of benzodiazepines with no additional fused rings is 1. The Balaban J connectivity index is 1.82. The van der Waals surface area contributed by atoms with Gasteiger partial charge in [0.15, 0.2) is 0 Å². The fraction of sp³-hybridized carbons (Fsp3) is 0.222. The number of carbonyl (C=O) groups is 2. The van der Waals surface area contributed by atoms with Crippen LogP contribution >= 0.6 is 11.6 Å². The Morgan fingerprint density at radius 3 is 2.57 bits per heavy atom. The molecule has 1 aliphatic heterocycles. The van der Waals surface area contributed by atoms with E-state index in [4.69, 9.17) is 16.3 Å². The summed E-state index contributed by atoms with van der Waals surface area (Å²) in [5.41, 5.74) is 1.97. The molecule has 0 spiro atoms. The van der Waals surface area contributed by atoms with Crippen molar-refractivity contribution in [3.05, 3.63) is 88.7 Å². The van der Waals surface area contributed by atoms with E-state index >= 15 is 0 Å². The zero-order valence-corrected chi connectivity index (χ0v) is 20.3. The molecule has 0 aliphatic carbocycles. The van der Waals surface area contributed by atoms with Crippen LogP contribution in [0.2, 0.25) is 5.02 Å². The van der Waals surface area contributed by atoms with Crippen LogP contribution in [0.15, 0.2) is 71.7 Å². The van der Waals surface area contributed by atoms with E-state index in [0.717, 1.165) is 0 Å². The Kier molecular flexibility index (Phi) is 7.17. The third-order valence-electron chi connectivity index (χ3n) is 5.89. The lowest BCUT2D eigenvalue weighted by Crippen LogP contribution is -2.50. The van der Waals surface area contributed by atoms with E-state index in [1.807, 2.05) is 6.92 Å². The number of para-hydroxylation sites is 2. The molecule has 8 heteroatoms. The Morgan fingerprint density at radius 2 is 1.86 bits per heavy atom. The molecule has 1 N–H and O–H groups in total. The molecule has 6 nitrogen and oxygen atoms in total. The Hall–Kier alpha value is -3.71. The van der Waals surface area contributed by atoms with Crippen molar-refractivity contribution >= 4 is 40.5 Å². The van der Waals surface area contributed by atoms with Crippen molar-refractivity contribution < 1.29 is 18.7 Å². The first kappa shape index (κ1) is 24.4. The maximum atomic E-state index is 14.8. The number of benzene rings is 3. The van der Waals surface area contributed by atoms with E-state index in [-0.39, 0.29) is 17.4 Å². The molecule has 1 aliphatic rings.